The molecule has 0 atom stereocenters. The summed E-state index contributed by atoms with van der Waals surface area (Å²) in [5.74, 6) is 0. The Labute approximate surface area is 58.3 Å². The topological polar surface area (TPSA) is 9.23 Å². The van der Waals surface area contributed by atoms with Gasteiger partial charge in [-0.15, -0.1) is 0 Å². The molecule has 2 rings (SSSR count). The Morgan fingerprint density at radius 1 is 1.33 bits per heavy atom. The summed E-state index contributed by atoms with van der Waals surface area (Å²) in [5.41, 5.74) is 2.89. The molecular formula is C7H8OS. The first-order valence-electron chi connectivity index (χ1n) is 3.08. The molecule has 2 heteroatoms. The SMILES string of the molecule is c1scc2c1CCOC2. The fourth-order valence-corrected chi connectivity index (χ4v) is 1.95. The van der Waals surface area contributed by atoms with Gasteiger partial charge in [0.2, 0.25) is 0 Å². The van der Waals surface area contributed by atoms with E-state index in [4.69, 9.17) is 4.74 Å². The number of fused-ring (bicyclic) bond motifs is 1. The van der Waals surface area contributed by atoms with Crippen LogP contribution >= 0.6 is 11.3 Å². The molecule has 0 unspecified atom stereocenters. The molecule has 1 aromatic rings. The first-order valence-corrected chi connectivity index (χ1v) is 4.03. The summed E-state index contributed by atoms with van der Waals surface area (Å²) in [6.45, 7) is 1.74. The van der Waals surface area contributed by atoms with Crippen LogP contribution in [-0.2, 0) is 17.8 Å². The van der Waals surface area contributed by atoms with E-state index in [0.29, 0.717) is 0 Å². The van der Waals surface area contributed by atoms with Crippen molar-refractivity contribution in [2.75, 3.05) is 6.61 Å². The predicted molar refractivity (Wildman–Crippen MR) is 37.7 cm³/mol. The molecule has 0 spiro atoms. The summed E-state index contributed by atoms with van der Waals surface area (Å²) in [7, 11) is 0. The molecule has 0 saturated carbocycles. The maximum Gasteiger partial charge on any atom is 0.0727 e. The summed E-state index contributed by atoms with van der Waals surface area (Å²) in [5, 5.41) is 4.40. The normalized spacial score (nSPS) is 17.3. The summed E-state index contributed by atoms with van der Waals surface area (Å²) in [6.07, 6.45) is 1.11. The molecule has 0 N–H and O–H groups in total. The highest BCUT2D eigenvalue weighted by molar-refractivity contribution is 7.08. The second-order valence-corrected chi connectivity index (χ2v) is 2.97. The zero-order chi connectivity index (χ0) is 6.10. The summed E-state index contributed by atoms with van der Waals surface area (Å²) in [4.78, 5) is 0. The summed E-state index contributed by atoms with van der Waals surface area (Å²) in [6, 6.07) is 0. The third kappa shape index (κ3) is 0.884. The second kappa shape index (κ2) is 2.12. The molecule has 0 fully saturated rings. The fourth-order valence-electron chi connectivity index (χ4n) is 1.06. The zero-order valence-electron chi connectivity index (χ0n) is 5.09. The van der Waals surface area contributed by atoms with Crippen LogP contribution < -0.4 is 0 Å². The van der Waals surface area contributed by atoms with Gasteiger partial charge in [-0.25, -0.2) is 0 Å². The van der Waals surface area contributed by atoms with Crippen LogP contribution in [0.2, 0.25) is 0 Å². The number of hydrogen-bond acceptors (Lipinski definition) is 2. The lowest BCUT2D eigenvalue weighted by Gasteiger charge is -2.10. The van der Waals surface area contributed by atoms with Crippen molar-refractivity contribution in [3.8, 4) is 0 Å². The van der Waals surface area contributed by atoms with Crippen molar-refractivity contribution in [3.63, 3.8) is 0 Å². The minimum absolute atomic E-state index is 0.832. The van der Waals surface area contributed by atoms with E-state index < -0.39 is 0 Å². The van der Waals surface area contributed by atoms with Crippen LogP contribution in [0.3, 0.4) is 0 Å². The van der Waals surface area contributed by atoms with E-state index in [1.807, 2.05) is 0 Å². The van der Waals surface area contributed by atoms with Crippen molar-refractivity contribution in [1.82, 2.24) is 0 Å². The van der Waals surface area contributed by atoms with E-state index in [1.54, 1.807) is 11.3 Å². The van der Waals surface area contributed by atoms with Gasteiger partial charge in [0.1, 0.15) is 0 Å². The van der Waals surface area contributed by atoms with Crippen LogP contribution in [0.15, 0.2) is 10.8 Å². The highest BCUT2D eigenvalue weighted by Crippen LogP contribution is 2.20. The van der Waals surface area contributed by atoms with E-state index in [9.17, 15) is 0 Å². The average molecular weight is 140 g/mol. The minimum atomic E-state index is 0.832. The molecule has 1 aromatic heterocycles. The number of ether oxygens (including phenoxy) is 1. The molecule has 0 aliphatic carbocycles. The quantitative estimate of drug-likeness (QED) is 0.534. The zero-order valence-corrected chi connectivity index (χ0v) is 5.91. The van der Waals surface area contributed by atoms with Crippen LogP contribution in [-0.4, -0.2) is 6.61 Å². The third-order valence-electron chi connectivity index (χ3n) is 1.61. The van der Waals surface area contributed by atoms with Crippen LogP contribution in [0.25, 0.3) is 0 Å². The lowest BCUT2D eigenvalue weighted by molar-refractivity contribution is 0.111. The first-order chi connectivity index (χ1) is 4.47. The van der Waals surface area contributed by atoms with Crippen molar-refractivity contribution in [2.45, 2.75) is 13.0 Å². The molecule has 1 nitrogen and oxygen atoms in total. The average Bonchev–Trinajstić information content (AvgIpc) is 2.33. The molecule has 0 saturated heterocycles. The van der Waals surface area contributed by atoms with Crippen molar-refractivity contribution in [3.05, 3.63) is 21.9 Å². The fraction of sp³-hybridized carbons (Fsp3) is 0.429. The molecule has 48 valence electrons. The van der Waals surface area contributed by atoms with Crippen molar-refractivity contribution in [1.29, 1.82) is 0 Å². The van der Waals surface area contributed by atoms with Gasteiger partial charge in [0.05, 0.1) is 13.2 Å². The number of thiophene rings is 1. The van der Waals surface area contributed by atoms with Crippen LogP contribution in [0.5, 0.6) is 0 Å². The van der Waals surface area contributed by atoms with Crippen LogP contribution in [0, 0.1) is 0 Å². The Hall–Kier alpha value is -0.340. The van der Waals surface area contributed by atoms with E-state index in [1.165, 1.54) is 11.1 Å². The standard InChI is InChI=1S/C7H8OS/c1-2-8-3-7-5-9-4-6(1)7/h4-5H,1-3H2. The van der Waals surface area contributed by atoms with Gasteiger partial charge in [0.25, 0.3) is 0 Å². The molecule has 0 aromatic carbocycles. The van der Waals surface area contributed by atoms with E-state index in [2.05, 4.69) is 10.8 Å². The van der Waals surface area contributed by atoms with E-state index in [0.717, 1.165) is 19.6 Å². The van der Waals surface area contributed by atoms with Gasteiger partial charge in [-0.1, -0.05) is 0 Å². The maximum absolute atomic E-state index is 5.26. The Kier molecular flexibility index (Phi) is 1.28. The molecule has 1 aliphatic heterocycles. The van der Waals surface area contributed by atoms with Crippen molar-refractivity contribution >= 4 is 11.3 Å². The molecule has 1 aliphatic rings. The highest BCUT2D eigenvalue weighted by atomic mass is 32.1. The summed E-state index contributed by atoms with van der Waals surface area (Å²) < 4.78 is 5.26. The molecule has 0 amide bonds. The van der Waals surface area contributed by atoms with Gasteiger partial charge in [-0.2, -0.15) is 11.3 Å². The Morgan fingerprint density at radius 3 is 3.11 bits per heavy atom. The first kappa shape index (κ1) is 5.45. The largest absolute Gasteiger partial charge is 0.376 e. The molecule has 0 bridgehead atoms. The number of hydrogen-bond donors (Lipinski definition) is 0. The van der Waals surface area contributed by atoms with Crippen molar-refractivity contribution < 1.29 is 4.74 Å². The number of rotatable bonds is 0. The van der Waals surface area contributed by atoms with E-state index in [-0.39, 0.29) is 0 Å². The lowest BCUT2D eigenvalue weighted by Crippen LogP contribution is -2.06. The van der Waals surface area contributed by atoms with Crippen LogP contribution in [0.1, 0.15) is 11.1 Å². The van der Waals surface area contributed by atoms with Gasteiger partial charge in [-0.3, -0.25) is 0 Å². The monoisotopic (exact) mass is 140 g/mol. The van der Waals surface area contributed by atoms with Gasteiger partial charge >= 0.3 is 0 Å². The molecular weight excluding hydrogens is 132 g/mol. The van der Waals surface area contributed by atoms with Gasteiger partial charge in [0, 0.05) is 0 Å². The smallest absolute Gasteiger partial charge is 0.0727 e. The van der Waals surface area contributed by atoms with Gasteiger partial charge < -0.3 is 4.74 Å². The highest BCUT2D eigenvalue weighted by Gasteiger charge is 2.08. The minimum Gasteiger partial charge on any atom is -0.376 e. The second-order valence-electron chi connectivity index (χ2n) is 2.22. The van der Waals surface area contributed by atoms with Crippen molar-refractivity contribution in [2.24, 2.45) is 0 Å². The lowest BCUT2D eigenvalue weighted by atomic mass is 10.1. The Balaban J connectivity index is 2.39. The van der Waals surface area contributed by atoms with E-state index >= 15 is 0 Å². The Morgan fingerprint density at radius 2 is 2.22 bits per heavy atom. The Bertz CT molecular complexity index is 184. The molecule has 2 heterocycles. The third-order valence-corrected chi connectivity index (χ3v) is 2.45. The summed E-state index contributed by atoms with van der Waals surface area (Å²) >= 11 is 1.78. The molecule has 0 radical (unpaired) electrons. The maximum atomic E-state index is 5.26. The van der Waals surface area contributed by atoms with Gasteiger partial charge in [-0.05, 0) is 28.3 Å². The van der Waals surface area contributed by atoms with Crippen LogP contribution in [0.4, 0.5) is 0 Å². The van der Waals surface area contributed by atoms with Gasteiger partial charge in [0.15, 0.2) is 0 Å². The predicted octanol–water partition coefficient (Wildman–Crippen LogP) is 1.82. The molecule has 9 heavy (non-hydrogen) atoms.